The van der Waals surface area contributed by atoms with Gasteiger partial charge in [0.15, 0.2) is 0 Å². The van der Waals surface area contributed by atoms with Crippen molar-refractivity contribution in [2.75, 3.05) is 7.11 Å². The van der Waals surface area contributed by atoms with E-state index in [2.05, 4.69) is 5.10 Å². The zero-order valence-corrected chi connectivity index (χ0v) is 8.71. The van der Waals surface area contributed by atoms with E-state index in [-0.39, 0.29) is 17.0 Å². The van der Waals surface area contributed by atoms with Crippen molar-refractivity contribution < 1.29 is 13.5 Å². The highest BCUT2D eigenvalue weighted by Crippen LogP contribution is 2.31. The molecular weight excluding hydrogens is 190 g/mol. The van der Waals surface area contributed by atoms with Crippen molar-refractivity contribution >= 4 is 0 Å². The van der Waals surface area contributed by atoms with Gasteiger partial charge in [0.05, 0.1) is 24.4 Å². The summed E-state index contributed by atoms with van der Waals surface area (Å²) < 4.78 is 31.3. The summed E-state index contributed by atoms with van der Waals surface area (Å²) in [5, 5.41) is 3.89. The van der Waals surface area contributed by atoms with Crippen LogP contribution in [0.1, 0.15) is 32.8 Å². The first-order valence-electron chi connectivity index (χ1n) is 4.28. The zero-order chi connectivity index (χ0) is 10.9. The zero-order valence-electron chi connectivity index (χ0n) is 8.71. The van der Waals surface area contributed by atoms with Crippen LogP contribution in [-0.4, -0.2) is 16.9 Å². The molecule has 1 aromatic rings. The Morgan fingerprint density at radius 3 is 2.36 bits per heavy atom. The van der Waals surface area contributed by atoms with Gasteiger partial charge in [-0.05, 0) is 20.8 Å². The summed E-state index contributed by atoms with van der Waals surface area (Å²) in [6, 6.07) is 0. The number of halogens is 2. The maximum Gasteiger partial charge on any atom is 0.270 e. The van der Waals surface area contributed by atoms with Gasteiger partial charge in [0.1, 0.15) is 0 Å². The number of aromatic nitrogens is 2. The Morgan fingerprint density at radius 2 is 2.00 bits per heavy atom. The Morgan fingerprint density at radius 1 is 1.43 bits per heavy atom. The standard InChI is InChI=1S/C9H14F2N2O/c1-9(2,3)13-8(14-4)6(5-12-13)7(10)11/h5,7H,1-4H3. The van der Waals surface area contributed by atoms with Crippen molar-refractivity contribution in [3.05, 3.63) is 11.8 Å². The topological polar surface area (TPSA) is 27.1 Å². The number of hydrogen-bond donors (Lipinski definition) is 0. The molecule has 0 aliphatic rings. The van der Waals surface area contributed by atoms with E-state index < -0.39 is 6.43 Å². The molecule has 1 heterocycles. The quantitative estimate of drug-likeness (QED) is 0.740. The molecule has 14 heavy (non-hydrogen) atoms. The Bertz CT molecular complexity index is 315. The van der Waals surface area contributed by atoms with Crippen LogP contribution in [0.5, 0.6) is 5.88 Å². The molecule has 3 nitrogen and oxygen atoms in total. The van der Waals surface area contributed by atoms with Gasteiger partial charge in [-0.2, -0.15) is 5.10 Å². The highest BCUT2D eigenvalue weighted by atomic mass is 19.3. The smallest absolute Gasteiger partial charge is 0.270 e. The van der Waals surface area contributed by atoms with Crippen molar-refractivity contribution in [1.29, 1.82) is 0 Å². The van der Waals surface area contributed by atoms with Gasteiger partial charge in [-0.25, -0.2) is 13.5 Å². The van der Waals surface area contributed by atoms with E-state index in [1.807, 2.05) is 20.8 Å². The minimum atomic E-state index is -2.55. The van der Waals surface area contributed by atoms with Crippen LogP contribution in [0.4, 0.5) is 8.78 Å². The van der Waals surface area contributed by atoms with Gasteiger partial charge in [-0.1, -0.05) is 0 Å². The van der Waals surface area contributed by atoms with Gasteiger partial charge < -0.3 is 4.74 Å². The second-order valence-electron chi connectivity index (χ2n) is 3.99. The third-order valence-electron chi connectivity index (χ3n) is 1.82. The molecule has 0 amide bonds. The van der Waals surface area contributed by atoms with Crippen LogP contribution in [0.15, 0.2) is 6.20 Å². The van der Waals surface area contributed by atoms with Crippen molar-refractivity contribution in [3.8, 4) is 5.88 Å². The summed E-state index contributed by atoms with van der Waals surface area (Å²) in [5.74, 6) is 0.132. The lowest BCUT2D eigenvalue weighted by Gasteiger charge is -2.21. The Hall–Kier alpha value is -1.13. The monoisotopic (exact) mass is 204 g/mol. The number of methoxy groups -OCH3 is 1. The van der Waals surface area contributed by atoms with E-state index >= 15 is 0 Å². The van der Waals surface area contributed by atoms with E-state index in [4.69, 9.17) is 4.74 Å². The maximum atomic E-state index is 12.5. The number of ether oxygens (including phenoxy) is 1. The highest BCUT2D eigenvalue weighted by molar-refractivity contribution is 5.26. The Balaban J connectivity index is 3.21. The Labute approximate surface area is 81.7 Å². The average molecular weight is 204 g/mol. The van der Waals surface area contributed by atoms with E-state index in [9.17, 15) is 8.78 Å². The fourth-order valence-electron chi connectivity index (χ4n) is 1.18. The summed E-state index contributed by atoms with van der Waals surface area (Å²) in [4.78, 5) is 0. The van der Waals surface area contributed by atoms with E-state index in [0.29, 0.717) is 0 Å². The number of alkyl halides is 2. The van der Waals surface area contributed by atoms with E-state index in [0.717, 1.165) is 6.20 Å². The molecule has 0 bridgehead atoms. The molecule has 80 valence electrons. The predicted molar refractivity (Wildman–Crippen MR) is 48.7 cm³/mol. The molecule has 0 unspecified atom stereocenters. The van der Waals surface area contributed by atoms with Crippen molar-refractivity contribution in [1.82, 2.24) is 9.78 Å². The number of nitrogens with zero attached hydrogens (tertiary/aromatic N) is 2. The molecule has 0 fully saturated rings. The molecule has 0 atom stereocenters. The molecule has 0 radical (unpaired) electrons. The highest BCUT2D eigenvalue weighted by Gasteiger charge is 2.25. The number of rotatable bonds is 2. The molecule has 0 aliphatic carbocycles. The van der Waals surface area contributed by atoms with Crippen LogP contribution in [0, 0.1) is 0 Å². The molecule has 0 aromatic carbocycles. The van der Waals surface area contributed by atoms with Crippen LogP contribution < -0.4 is 4.74 Å². The number of hydrogen-bond acceptors (Lipinski definition) is 2. The summed E-state index contributed by atoms with van der Waals surface area (Å²) in [5.41, 5.74) is -0.527. The molecule has 0 saturated carbocycles. The minimum Gasteiger partial charge on any atom is -0.481 e. The fourth-order valence-corrected chi connectivity index (χ4v) is 1.18. The SMILES string of the molecule is COc1c(C(F)F)cnn1C(C)(C)C. The van der Waals surface area contributed by atoms with Crippen LogP contribution >= 0.6 is 0 Å². The normalized spacial score (nSPS) is 12.2. The predicted octanol–water partition coefficient (Wildman–Crippen LogP) is 2.58. The molecule has 0 spiro atoms. The van der Waals surface area contributed by atoms with Crippen molar-refractivity contribution in [3.63, 3.8) is 0 Å². The van der Waals surface area contributed by atoms with Crippen LogP contribution in [0.2, 0.25) is 0 Å². The first-order valence-corrected chi connectivity index (χ1v) is 4.28. The van der Waals surface area contributed by atoms with Crippen LogP contribution in [0.3, 0.4) is 0 Å². The summed E-state index contributed by atoms with van der Waals surface area (Å²) in [6.07, 6.45) is -1.41. The molecule has 1 aromatic heterocycles. The molecule has 1 rings (SSSR count). The van der Waals surface area contributed by atoms with E-state index in [1.54, 1.807) is 0 Å². The summed E-state index contributed by atoms with van der Waals surface area (Å²) in [7, 11) is 1.37. The second-order valence-corrected chi connectivity index (χ2v) is 3.99. The fraction of sp³-hybridized carbons (Fsp3) is 0.667. The maximum absolute atomic E-state index is 12.5. The van der Waals surface area contributed by atoms with Crippen molar-refractivity contribution in [2.45, 2.75) is 32.7 Å². The largest absolute Gasteiger partial charge is 0.481 e. The first-order chi connectivity index (χ1) is 6.38. The third-order valence-corrected chi connectivity index (χ3v) is 1.82. The van der Waals surface area contributed by atoms with Crippen LogP contribution in [-0.2, 0) is 5.54 Å². The molecular formula is C9H14F2N2O. The summed E-state index contributed by atoms with van der Waals surface area (Å²) in [6.45, 7) is 5.62. The Kier molecular flexibility index (Phi) is 2.78. The summed E-state index contributed by atoms with van der Waals surface area (Å²) >= 11 is 0. The van der Waals surface area contributed by atoms with Gasteiger partial charge >= 0.3 is 0 Å². The van der Waals surface area contributed by atoms with Crippen LogP contribution in [0.25, 0.3) is 0 Å². The molecule has 0 aliphatic heterocycles. The van der Waals surface area contributed by atoms with E-state index in [1.165, 1.54) is 11.8 Å². The lowest BCUT2D eigenvalue weighted by Crippen LogP contribution is -2.23. The lowest BCUT2D eigenvalue weighted by molar-refractivity contribution is 0.145. The van der Waals surface area contributed by atoms with Gasteiger partial charge in [0, 0.05) is 0 Å². The van der Waals surface area contributed by atoms with Crippen molar-refractivity contribution in [2.24, 2.45) is 0 Å². The van der Waals surface area contributed by atoms with Gasteiger partial charge in [0.2, 0.25) is 5.88 Å². The van der Waals surface area contributed by atoms with Gasteiger partial charge in [-0.15, -0.1) is 0 Å². The average Bonchev–Trinajstić information content (AvgIpc) is 2.45. The molecule has 0 N–H and O–H groups in total. The first kappa shape index (κ1) is 10.9. The third kappa shape index (κ3) is 1.86. The van der Waals surface area contributed by atoms with Gasteiger partial charge in [-0.3, -0.25) is 0 Å². The second kappa shape index (κ2) is 3.55. The molecule has 0 saturated heterocycles. The molecule has 5 heteroatoms. The lowest BCUT2D eigenvalue weighted by atomic mass is 10.1. The minimum absolute atomic E-state index is 0.132. The van der Waals surface area contributed by atoms with Gasteiger partial charge in [0.25, 0.3) is 6.43 Å².